The number of nitrogens with zero attached hydrogens (tertiary/aromatic N) is 1. The van der Waals surface area contributed by atoms with Gasteiger partial charge in [0.1, 0.15) is 12.4 Å². The minimum atomic E-state index is -1.82. The number of carbonyl (C=O) groups is 2. The Labute approximate surface area is 175 Å². The first-order chi connectivity index (χ1) is 13.8. The molecule has 0 unspecified atom stereocenters. The van der Waals surface area contributed by atoms with Gasteiger partial charge in [0.05, 0.1) is 13.2 Å². The summed E-state index contributed by atoms with van der Waals surface area (Å²) in [7, 11) is 2.10. The van der Waals surface area contributed by atoms with Crippen LogP contribution in [-0.2, 0) is 20.9 Å². The molecule has 0 bridgehead atoms. The number of rotatable bonds is 9. The highest BCUT2D eigenvalue weighted by atomic mass is 35.5. The second kappa shape index (κ2) is 13.5. The number of hydrogen-bond donors (Lipinski definition) is 2. The van der Waals surface area contributed by atoms with Crippen molar-refractivity contribution in [1.82, 2.24) is 4.90 Å². The summed E-state index contributed by atoms with van der Waals surface area (Å²) in [4.78, 5) is 20.4. The smallest absolute Gasteiger partial charge is 0.414 e. The van der Waals surface area contributed by atoms with Crippen molar-refractivity contribution in [2.45, 2.75) is 13.5 Å². The Morgan fingerprint density at radius 2 is 1.66 bits per heavy atom. The molecule has 0 spiro atoms. The SMILES string of the molecule is Cc1cc(OCCOCCN(C)Cc2ccccc2)ccc1Cl.O=C(O)C(=O)O. The third-order valence-corrected chi connectivity index (χ3v) is 4.15. The van der Waals surface area contributed by atoms with E-state index >= 15 is 0 Å². The van der Waals surface area contributed by atoms with E-state index in [0.29, 0.717) is 19.8 Å². The van der Waals surface area contributed by atoms with Crippen molar-refractivity contribution >= 4 is 23.5 Å². The molecule has 0 aliphatic rings. The highest BCUT2D eigenvalue weighted by Gasteiger charge is 2.04. The molecule has 29 heavy (non-hydrogen) atoms. The number of carboxylic acid groups (broad SMARTS) is 2. The van der Waals surface area contributed by atoms with Crippen molar-refractivity contribution in [3.05, 3.63) is 64.7 Å². The van der Waals surface area contributed by atoms with Crippen molar-refractivity contribution in [1.29, 1.82) is 0 Å². The maximum absolute atomic E-state index is 9.10. The fourth-order valence-corrected chi connectivity index (χ4v) is 2.34. The highest BCUT2D eigenvalue weighted by Crippen LogP contribution is 2.20. The zero-order chi connectivity index (χ0) is 21.6. The Morgan fingerprint density at radius 3 is 2.24 bits per heavy atom. The summed E-state index contributed by atoms with van der Waals surface area (Å²) >= 11 is 5.99. The lowest BCUT2D eigenvalue weighted by molar-refractivity contribution is -0.159. The van der Waals surface area contributed by atoms with Gasteiger partial charge >= 0.3 is 11.9 Å². The van der Waals surface area contributed by atoms with E-state index in [0.717, 1.165) is 29.4 Å². The molecule has 2 aromatic carbocycles. The van der Waals surface area contributed by atoms with E-state index in [-0.39, 0.29) is 0 Å². The largest absolute Gasteiger partial charge is 0.491 e. The first kappa shape index (κ1) is 24.4. The van der Waals surface area contributed by atoms with Crippen molar-refractivity contribution < 1.29 is 29.3 Å². The standard InChI is InChI=1S/C19H24ClNO2.C2H2O4/c1-16-14-18(8-9-19(16)20)23-13-12-22-11-10-21(2)15-17-6-4-3-5-7-17;3-1(4)2(5)6/h3-9,14H,10-13,15H2,1-2H3;(H,3,4)(H,5,6). The number of benzene rings is 2. The molecular formula is C21H26ClNO6. The number of ether oxygens (including phenoxy) is 2. The van der Waals surface area contributed by atoms with Crippen molar-refractivity contribution in [3.8, 4) is 5.75 Å². The molecule has 158 valence electrons. The molecule has 0 atom stereocenters. The van der Waals surface area contributed by atoms with Gasteiger partial charge in [-0.05, 0) is 43.3 Å². The molecule has 2 N–H and O–H groups in total. The number of hydrogen-bond acceptors (Lipinski definition) is 5. The maximum Gasteiger partial charge on any atom is 0.414 e. The van der Waals surface area contributed by atoms with Crippen LogP contribution in [0.25, 0.3) is 0 Å². The van der Waals surface area contributed by atoms with Gasteiger partial charge in [-0.25, -0.2) is 9.59 Å². The number of aryl methyl sites for hydroxylation is 1. The van der Waals surface area contributed by atoms with Gasteiger partial charge in [-0.15, -0.1) is 0 Å². The second-order valence-corrected chi connectivity index (χ2v) is 6.61. The average molecular weight is 424 g/mol. The van der Waals surface area contributed by atoms with Crippen molar-refractivity contribution in [3.63, 3.8) is 0 Å². The van der Waals surface area contributed by atoms with Gasteiger partial charge in [-0.2, -0.15) is 0 Å². The van der Waals surface area contributed by atoms with E-state index in [1.165, 1.54) is 5.56 Å². The molecule has 2 aromatic rings. The van der Waals surface area contributed by atoms with Gasteiger partial charge < -0.3 is 19.7 Å². The number of likely N-dealkylation sites (N-methyl/N-ethyl adjacent to an activating group) is 1. The molecule has 0 fully saturated rings. The van der Waals surface area contributed by atoms with Gasteiger partial charge in [0.25, 0.3) is 0 Å². The molecule has 0 aromatic heterocycles. The third-order valence-electron chi connectivity index (χ3n) is 3.72. The quantitative estimate of drug-likeness (QED) is 0.471. The molecule has 8 heteroatoms. The van der Waals surface area contributed by atoms with Crippen LogP contribution in [0, 0.1) is 6.92 Å². The molecule has 0 radical (unpaired) electrons. The normalized spacial score (nSPS) is 10.2. The van der Waals surface area contributed by atoms with Crippen LogP contribution in [0.1, 0.15) is 11.1 Å². The maximum atomic E-state index is 9.10. The zero-order valence-corrected chi connectivity index (χ0v) is 17.3. The molecule has 7 nitrogen and oxygen atoms in total. The van der Waals surface area contributed by atoms with E-state index in [9.17, 15) is 0 Å². The molecule has 0 saturated heterocycles. The van der Waals surface area contributed by atoms with Crippen LogP contribution in [-0.4, -0.2) is 60.5 Å². The van der Waals surface area contributed by atoms with E-state index in [2.05, 4.69) is 36.2 Å². The summed E-state index contributed by atoms with van der Waals surface area (Å²) in [5.41, 5.74) is 2.34. The first-order valence-corrected chi connectivity index (χ1v) is 9.32. The Bertz CT molecular complexity index is 757. The Morgan fingerprint density at radius 1 is 1.00 bits per heavy atom. The lowest BCUT2D eigenvalue weighted by atomic mass is 10.2. The van der Waals surface area contributed by atoms with Crippen molar-refractivity contribution in [2.24, 2.45) is 0 Å². The fraction of sp³-hybridized carbons (Fsp3) is 0.333. The number of aliphatic carboxylic acids is 2. The van der Waals surface area contributed by atoms with Gasteiger partial charge in [0.15, 0.2) is 0 Å². The van der Waals surface area contributed by atoms with E-state index in [1.807, 2.05) is 31.2 Å². The Balaban J connectivity index is 0.000000612. The van der Waals surface area contributed by atoms with Crippen LogP contribution in [0.2, 0.25) is 5.02 Å². The van der Waals surface area contributed by atoms with Gasteiger partial charge in [0, 0.05) is 18.1 Å². The average Bonchev–Trinajstić information content (AvgIpc) is 2.68. The molecular weight excluding hydrogens is 398 g/mol. The lowest BCUT2D eigenvalue weighted by Gasteiger charge is -2.16. The van der Waals surface area contributed by atoms with E-state index in [4.69, 9.17) is 40.9 Å². The first-order valence-electron chi connectivity index (χ1n) is 8.95. The molecule has 2 rings (SSSR count). The zero-order valence-electron chi connectivity index (χ0n) is 16.5. The van der Waals surface area contributed by atoms with Crippen LogP contribution >= 0.6 is 11.6 Å². The number of carboxylic acids is 2. The second-order valence-electron chi connectivity index (χ2n) is 6.21. The Hall–Kier alpha value is -2.61. The van der Waals surface area contributed by atoms with Gasteiger partial charge in [0.2, 0.25) is 0 Å². The van der Waals surface area contributed by atoms with E-state index < -0.39 is 11.9 Å². The third kappa shape index (κ3) is 11.1. The summed E-state index contributed by atoms with van der Waals surface area (Å²) in [5, 5.41) is 15.5. The van der Waals surface area contributed by atoms with Gasteiger partial charge in [-0.1, -0.05) is 41.9 Å². The molecule has 0 saturated carbocycles. The topological polar surface area (TPSA) is 96.3 Å². The summed E-state index contributed by atoms with van der Waals surface area (Å²) < 4.78 is 11.3. The molecule has 0 heterocycles. The number of halogens is 1. The van der Waals surface area contributed by atoms with Crippen LogP contribution in [0.3, 0.4) is 0 Å². The minimum Gasteiger partial charge on any atom is -0.491 e. The van der Waals surface area contributed by atoms with Crippen LogP contribution in [0.4, 0.5) is 0 Å². The molecule has 0 aliphatic carbocycles. The predicted octanol–water partition coefficient (Wildman–Crippen LogP) is 3.33. The lowest BCUT2D eigenvalue weighted by Crippen LogP contribution is -2.23. The van der Waals surface area contributed by atoms with Crippen molar-refractivity contribution in [2.75, 3.05) is 33.4 Å². The van der Waals surface area contributed by atoms with Crippen LogP contribution < -0.4 is 4.74 Å². The Kier molecular flexibility index (Phi) is 11.4. The summed E-state index contributed by atoms with van der Waals surface area (Å²) in [6.07, 6.45) is 0. The fourth-order valence-electron chi connectivity index (χ4n) is 2.22. The van der Waals surface area contributed by atoms with Gasteiger partial charge in [-0.3, -0.25) is 4.90 Å². The van der Waals surface area contributed by atoms with Crippen LogP contribution in [0.5, 0.6) is 5.75 Å². The minimum absolute atomic E-state index is 0.545. The summed E-state index contributed by atoms with van der Waals surface area (Å²) in [5.74, 6) is -2.82. The highest BCUT2D eigenvalue weighted by molar-refractivity contribution is 6.31. The molecule has 0 aliphatic heterocycles. The van der Waals surface area contributed by atoms with E-state index in [1.54, 1.807) is 0 Å². The predicted molar refractivity (Wildman–Crippen MR) is 111 cm³/mol. The molecule has 0 amide bonds. The summed E-state index contributed by atoms with van der Waals surface area (Å²) in [6, 6.07) is 16.1. The van der Waals surface area contributed by atoms with Crippen LogP contribution in [0.15, 0.2) is 48.5 Å². The monoisotopic (exact) mass is 423 g/mol. The summed E-state index contributed by atoms with van der Waals surface area (Å²) in [6.45, 7) is 5.63.